The Bertz CT molecular complexity index is 1040. The highest BCUT2D eigenvalue weighted by Crippen LogP contribution is 2.66. The largest absolute Gasteiger partial charge is 0.497 e. The molecule has 6 heteroatoms. The number of benzene rings is 2. The molecule has 5 nitrogen and oxygen atoms in total. The smallest absolute Gasteiger partial charge is 0.238 e. The lowest BCUT2D eigenvalue weighted by atomic mass is 9.91. The zero-order valence-corrected chi connectivity index (χ0v) is 16.0. The summed E-state index contributed by atoms with van der Waals surface area (Å²) < 4.78 is 6.43. The summed E-state index contributed by atoms with van der Waals surface area (Å²) in [5.74, 6) is 1.16. The molecule has 2 heterocycles. The maximum absolute atomic E-state index is 13.1. The molecule has 1 unspecified atom stereocenters. The summed E-state index contributed by atoms with van der Waals surface area (Å²) in [7, 11) is 3.52. The molecule has 1 N–H and O–H groups in total. The van der Waals surface area contributed by atoms with E-state index in [4.69, 9.17) is 4.74 Å². The summed E-state index contributed by atoms with van der Waals surface area (Å²) in [6.45, 7) is 0. The third-order valence-corrected chi connectivity index (χ3v) is 6.45. The van der Waals surface area contributed by atoms with Crippen LogP contribution in [0.3, 0.4) is 0 Å². The quantitative estimate of drug-likeness (QED) is 0.614. The van der Waals surface area contributed by atoms with Crippen molar-refractivity contribution >= 4 is 45.1 Å². The van der Waals surface area contributed by atoms with Crippen molar-refractivity contribution in [3.8, 4) is 5.75 Å². The van der Waals surface area contributed by atoms with Gasteiger partial charge in [-0.1, -0.05) is 6.07 Å². The van der Waals surface area contributed by atoms with E-state index in [1.54, 1.807) is 12.0 Å². The van der Waals surface area contributed by atoms with E-state index < -0.39 is 5.41 Å². The lowest BCUT2D eigenvalue weighted by Gasteiger charge is -2.11. The molecule has 126 valence electrons. The molecule has 25 heavy (non-hydrogen) atoms. The van der Waals surface area contributed by atoms with E-state index in [2.05, 4.69) is 51.0 Å². The topological polar surface area (TPSA) is 58.2 Å². The molecule has 1 aromatic heterocycles. The van der Waals surface area contributed by atoms with Crippen LogP contribution in [0.4, 0.5) is 5.69 Å². The number of H-pyrrole nitrogens is 1. The van der Waals surface area contributed by atoms with Crippen molar-refractivity contribution in [3.63, 3.8) is 0 Å². The Morgan fingerprint density at radius 1 is 1.32 bits per heavy atom. The number of aromatic amines is 1. The van der Waals surface area contributed by atoms with Gasteiger partial charge in [-0.2, -0.15) is 5.10 Å². The van der Waals surface area contributed by atoms with Gasteiger partial charge < -0.3 is 9.64 Å². The van der Waals surface area contributed by atoms with Gasteiger partial charge in [-0.15, -0.1) is 0 Å². The molecule has 1 fully saturated rings. The van der Waals surface area contributed by atoms with Gasteiger partial charge in [0.15, 0.2) is 0 Å². The summed E-state index contributed by atoms with van der Waals surface area (Å²) in [5.41, 5.74) is 3.75. The van der Waals surface area contributed by atoms with Gasteiger partial charge in [0, 0.05) is 24.0 Å². The molecule has 3 aromatic rings. The fourth-order valence-electron chi connectivity index (χ4n) is 4.23. The highest BCUT2D eigenvalue weighted by atomic mass is 127. The average molecular weight is 445 g/mol. The van der Waals surface area contributed by atoms with Crippen LogP contribution in [0.1, 0.15) is 23.5 Å². The van der Waals surface area contributed by atoms with Gasteiger partial charge in [0.1, 0.15) is 9.45 Å². The summed E-state index contributed by atoms with van der Waals surface area (Å²) >= 11 is 2.25. The Morgan fingerprint density at radius 3 is 2.96 bits per heavy atom. The van der Waals surface area contributed by atoms with Crippen molar-refractivity contribution in [3.05, 3.63) is 51.2 Å². The van der Waals surface area contributed by atoms with E-state index in [9.17, 15) is 4.79 Å². The number of hydrogen-bond acceptors (Lipinski definition) is 3. The molecule has 0 radical (unpaired) electrons. The number of fused-ring (bicyclic) bond motifs is 3. The number of methoxy groups -OCH3 is 1. The van der Waals surface area contributed by atoms with Crippen molar-refractivity contribution in [2.24, 2.45) is 0 Å². The number of nitrogens with one attached hydrogen (secondary N) is 1. The number of anilines is 1. The maximum atomic E-state index is 13.1. The number of amides is 1. The zero-order chi connectivity index (χ0) is 17.3. The van der Waals surface area contributed by atoms with Crippen LogP contribution in [0.2, 0.25) is 0 Å². The monoisotopic (exact) mass is 445 g/mol. The lowest BCUT2D eigenvalue weighted by Crippen LogP contribution is -2.29. The number of halogens is 1. The van der Waals surface area contributed by atoms with Crippen LogP contribution < -0.4 is 9.64 Å². The van der Waals surface area contributed by atoms with E-state index in [-0.39, 0.29) is 11.8 Å². The van der Waals surface area contributed by atoms with Crippen LogP contribution in [0.15, 0.2) is 36.4 Å². The molecule has 2 aliphatic rings. The predicted octanol–water partition coefficient (Wildman–Crippen LogP) is 3.58. The van der Waals surface area contributed by atoms with Crippen LogP contribution in [0, 0.1) is 3.70 Å². The molecule has 1 aliphatic carbocycles. The highest BCUT2D eigenvalue weighted by molar-refractivity contribution is 14.1. The molecule has 0 bridgehead atoms. The Hall–Kier alpha value is -2.09. The predicted molar refractivity (Wildman–Crippen MR) is 104 cm³/mol. The van der Waals surface area contributed by atoms with Crippen molar-refractivity contribution in [1.29, 1.82) is 0 Å². The summed E-state index contributed by atoms with van der Waals surface area (Å²) in [4.78, 5) is 14.8. The number of carbonyl (C=O) groups excluding carboxylic acids is 1. The molecule has 0 saturated heterocycles. The SMILES string of the molecule is COc1ccc2c(c1)C1(C[C@H]1c1ccc3c(I)[nH]nc3c1)C(=O)N2C. The lowest BCUT2D eigenvalue weighted by molar-refractivity contribution is -0.120. The van der Waals surface area contributed by atoms with Crippen LogP contribution in [0.5, 0.6) is 5.75 Å². The molecule has 1 spiro atoms. The fourth-order valence-corrected chi connectivity index (χ4v) is 4.80. The average Bonchev–Trinajstić information content (AvgIpc) is 3.25. The summed E-state index contributed by atoms with van der Waals surface area (Å²) in [6.07, 6.45) is 0.837. The molecule has 1 aliphatic heterocycles. The summed E-state index contributed by atoms with van der Waals surface area (Å²) in [5, 5.41) is 8.50. The van der Waals surface area contributed by atoms with Gasteiger partial charge in [0.25, 0.3) is 0 Å². The Labute approximate surface area is 158 Å². The molecule has 5 rings (SSSR count). The number of nitrogens with zero attached hydrogens (tertiary/aromatic N) is 2. The summed E-state index contributed by atoms with van der Waals surface area (Å²) in [6, 6.07) is 12.3. The number of likely N-dealkylation sites (N-methyl/N-ethyl adjacent to an activating group) is 1. The standard InChI is InChI=1S/C19H16IN3O2/c1-23-16-6-4-11(25-2)8-13(16)19(18(23)24)9-14(19)10-3-5-12-15(7-10)21-22-17(12)20/h3-8,14H,9H2,1-2H3,(H,21,22)/t14-,19?/m0/s1. The van der Waals surface area contributed by atoms with Crippen molar-refractivity contribution in [2.75, 3.05) is 19.1 Å². The van der Waals surface area contributed by atoms with Gasteiger partial charge in [-0.25, -0.2) is 0 Å². The van der Waals surface area contributed by atoms with Gasteiger partial charge in [-0.3, -0.25) is 9.89 Å². The Morgan fingerprint density at radius 2 is 2.16 bits per heavy atom. The molecule has 1 amide bonds. The van der Waals surface area contributed by atoms with Gasteiger partial charge >= 0.3 is 0 Å². The highest BCUT2D eigenvalue weighted by Gasteiger charge is 2.66. The second-order valence-corrected chi connectivity index (χ2v) is 7.87. The van der Waals surface area contributed by atoms with E-state index >= 15 is 0 Å². The first-order chi connectivity index (χ1) is 12.1. The molecule has 2 aromatic carbocycles. The van der Waals surface area contributed by atoms with E-state index in [1.165, 1.54) is 5.56 Å². The third-order valence-electron chi connectivity index (χ3n) is 5.63. The Kier molecular flexibility index (Phi) is 3.02. The van der Waals surface area contributed by atoms with Crippen molar-refractivity contribution in [2.45, 2.75) is 17.8 Å². The number of rotatable bonds is 2. The minimum absolute atomic E-state index is 0.178. The molecule has 1 saturated carbocycles. The van der Waals surface area contributed by atoms with Crippen LogP contribution >= 0.6 is 22.6 Å². The number of aromatic nitrogens is 2. The normalized spacial score (nSPS) is 24.2. The van der Waals surface area contributed by atoms with Crippen LogP contribution in [-0.2, 0) is 10.2 Å². The zero-order valence-electron chi connectivity index (χ0n) is 13.8. The fraction of sp³-hybridized carbons (Fsp3) is 0.263. The van der Waals surface area contributed by atoms with Crippen molar-refractivity contribution < 1.29 is 9.53 Å². The van der Waals surface area contributed by atoms with E-state index in [1.807, 2.05) is 25.2 Å². The third kappa shape index (κ3) is 1.88. The molecular weight excluding hydrogens is 429 g/mol. The van der Waals surface area contributed by atoms with E-state index in [0.29, 0.717) is 0 Å². The minimum atomic E-state index is -0.449. The second-order valence-electron chi connectivity index (χ2n) is 6.79. The maximum Gasteiger partial charge on any atom is 0.238 e. The Balaban J connectivity index is 1.62. The first kappa shape index (κ1) is 15.2. The number of ether oxygens (including phenoxy) is 1. The molecule has 2 atom stereocenters. The number of hydrogen-bond donors (Lipinski definition) is 1. The van der Waals surface area contributed by atoms with Gasteiger partial charge in [-0.05, 0) is 70.5 Å². The van der Waals surface area contributed by atoms with Crippen molar-refractivity contribution in [1.82, 2.24) is 10.2 Å². The molecular formula is C19H16IN3O2. The second kappa shape index (κ2) is 4.97. The first-order valence-electron chi connectivity index (χ1n) is 8.16. The van der Waals surface area contributed by atoms with Gasteiger partial charge in [0.05, 0.1) is 18.0 Å². The van der Waals surface area contributed by atoms with E-state index in [0.717, 1.165) is 38.0 Å². The van der Waals surface area contributed by atoms with Crippen LogP contribution in [0.25, 0.3) is 10.9 Å². The van der Waals surface area contributed by atoms with Crippen LogP contribution in [-0.4, -0.2) is 30.3 Å². The first-order valence-corrected chi connectivity index (χ1v) is 9.24. The van der Waals surface area contributed by atoms with Gasteiger partial charge in [0.2, 0.25) is 5.91 Å². The minimum Gasteiger partial charge on any atom is -0.497 e. The number of carbonyl (C=O) groups is 1.